The molecule has 1 atom stereocenters. The minimum atomic E-state index is -3.55. The molecule has 0 amide bonds. The second-order valence-corrected chi connectivity index (χ2v) is 6.61. The number of carboxylic acids is 1. The van der Waals surface area contributed by atoms with Crippen molar-refractivity contribution in [3.05, 3.63) is 17.5 Å². The van der Waals surface area contributed by atoms with Gasteiger partial charge in [0.05, 0.1) is 6.42 Å². The van der Waals surface area contributed by atoms with Gasteiger partial charge >= 0.3 is 5.97 Å². The minimum absolute atomic E-state index is 0.156. The van der Waals surface area contributed by atoms with Crippen LogP contribution in [0.4, 0.5) is 0 Å². The van der Waals surface area contributed by atoms with Crippen LogP contribution in [0.2, 0.25) is 0 Å². The predicted molar refractivity (Wildman–Crippen MR) is 65.8 cm³/mol. The third-order valence-electron chi connectivity index (χ3n) is 3.10. The van der Waals surface area contributed by atoms with Crippen LogP contribution in [0.25, 0.3) is 0 Å². The largest absolute Gasteiger partial charge is 0.481 e. The summed E-state index contributed by atoms with van der Waals surface area (Å²) in [6.07, 6.45) is 1.12. The molecule has 19 heavy (non-hydrogen) atoms. The fraction of sp³-hybridized carbons (Fsp3) is 0.636. The van der Waals surface area contributed by atoms with E-state index in [1.165, 1.54) is 4.31 Å². The van der Waals surface area contributed by atoms with Crippen molar-refractivity contribution >= 4 is 16.0 Å². The zero-order valence-corrected chi connectivity index (χ0v) is 11.4. The molecule has 2 rings (SSSR count). The van der Waals surface area contributed by atoms with E-state index in [9.17, 15) is 13.2 Å². The molecule has 1 fully saturated rings. The maximum atomic E-state index is 12.3. The minimum Gasteiger partial charge on any atom is -0.481 e. The summed E-state index contributed by atoms with van der Waals surface area (Å²) < 4.78 is 30.6. The number of aryl methyl sites for hydroxylation is 1. The Hall–Kier alpha value is -1.41. The van der Waals surface area contributed by atoms with Crippen LogP contribution in [0.5, 0.6) is 0 Å². The Labute approximate surface area is 111 Å². The molecule has 7 nitrogen and oxygen atoms in total. The number of nitrogens with zero attached hydrogens (tertiary/aromatic N) is 2. The Morgan fingerprint density at radius 1 is 1.63 bits per heavy atom. The van der Waals surface area contributed by atoms with Gasteiger partial charge in [-0.2, -0.15) is 4.31 Å². The van der Waals surface area contributed by atoms with Crippen LogP contribution in [-0.4, -0.2) is 41.5 Å². The third-order valence-corrected chi connectivity index (χ3v) is 4.95. The molecular formula is C11H16N2O5S. The highest BCUT2D eigenvalue weighted by Gasteiger charge is 2.35. The highest BCUT2D eigenvalue weighted by Crippen LogP contribution is 2.25. The molecule has 1 aromatic rings. The first-order chi connectivity index (χ1) is 8.88. The Balaban J connectivity index is 2.12. The number of aliphatic carboxylic acids is 1. The molecule has 1 aliphatic heterocycles. The number of hydrogen-bond acceptors (Lipinski definition) is 5. The zero-order valence-electron chi connectivity index (χ0n) is 10.6. The quantitative estimate of drug-likeness (QED) is 0.858. The van der Waals surface area contributed by atoms with Crippen LogP contribution >= 0.6 is 0 Å². The molecule has 8 heteroatoms. The van der Waals surface area contributed by atoms with Gasteiger partial charge < -0.3 is 9.63 Å². The van der Waals surface area contributed by atoms with E-state index in [1.807, 2.05) is 0 Å². The van der Waals surface area contributed by atoms with Gasteiger partial charge in [0.15, 0.2) is 0 Å². The van der Waals surface area contributed by atoms with Gasteiger partial charge in [0.25, 0.3) is 0 Å². The van der Waals surface area contributed by atoms with Crippen LogP contribution in [0.3, 0.4) is 0 Å². The van der Waals surface area contributed by atoms with Crippen molar-refractivity contribution in [3.63, 3.8) is 0 Å². The van der Waals surface area contributed by atoms with Crippen molar-refractivity contribution in [3.8, 4) is 0 Å². The molecule has 1 unspecified atom stereocenters. The first-order valence-electron chi connectivity index (χ1n) is 6.02. The van der Waals surface area contributed by atoms with Gasteiger partial charge in [-0.25, -0.2) is 8.42 Å². The van der Waals surface area contributed by atoms with E-state index < -0.39 is 22.0 Å². The Kier molecular flexibility index (Phi) is 3.91. The smallest absolute Gasteiger partial charge is 0.304 e. The SMILES string of the molecule is Cc1cc(CS(=O)(=O)N2CCCC2CC(=O)O)no1. The number of sulfonamides is 1. The van der Waals surface area contributed by atoms with E-state index in [0.717, 1.165) is 0 Å². The lowest BCUT2D eigenvalue weighted by Gasteiger charge is -2.22. The van der Waals surface area contributed by atoms with Crippen molar-refractivity contribution in [2.75, 3.05) is 6.54 Å². The lowest BCUT2D eigenvalue weighted by Crippen LogP contribution is -2.37. The number of rotatable bonds is 5. The summed E-state index contributed by atoms with van der Waals surface area (Å²) in [5, 5.41) is 12.5. The highest BCUT2D eigenvalue weighted by molar-refractivity contribution is 7.88. The maximum Gasteiger partial charge on any atom is 0.304 e. The molecule has 1 N–H and O–H groups in total. The lowest BCUT2D eigenvalue weighted by molar-refractivity contribution is -0.137. The number of aromatic nitrogens is 1. The van der Waals surface area contributed by atoms with Crippen LogP contribution < -0.4 is 0 Å². The summed E-state index contributed by atoms with van der Waals surface area (Å²) >= 11 is 0. The molecule has 0 aromatic carbocycles. The summed E-state index contributed by atoms with van der Waals surface area (Å²) in [4.78, 5) is 10.7. The summed E-state index contributed by atoms with van der Waals surface area (Å²) in [6.45, 7) is 2.06. The monoisotopic (exact) mass is 288 g/mol. The molecule has 0 radical (unpaired) electrons. The first kappa shape index (κ1) is 14.0. The fourth-order valence-electron chi connectivity index (χ4n) is 2.34. The van der Waals surface area contributed by atoms with E-state index in [2.05, 4.69) is 5.16 Å². The number of hydrogen-bond donors (Lipinski definition) is 1. The summed E-state index contributed by atoms with van der Waals surface area (Å²) in [6, 6.07) is 1.12. The van der Waals surface area contributed by atoms with Gasteiger partial charge in [0.1, 0.15) is 17.2 Å². The van der Waals surface area contributed by atoms with E-state index in [1.54, 1.807) is 13.0 Å². The average molecular weight is 288 g/mol. The van der Waals surface area contributed by atoms with E-state index in [4.69, 9.17) is 9.63 Å². The zero-order chi connectivity index (χ0) is 14.0. The summed E-state index contributed by atoms with van der Waals surface area (Å²) in [7, 11) is -3.55. The first-order valence-corrected chi connectivity index (χ1v) is 7.63. The second kappa shape index (κ2) is 5.30. The lowest BCUT2D eigenvalue weighted by atomic mass is 10.2. The van der Waals surface area contributed by atoms with E-state index in [-0.39, 0.29) is 12.2 Å². The molecule has 0 saturated carbocycles. The molecule has 1 saturated heterocycles. The molecule has 0 spiro atoms. The molecule has 106 valence electrons. The average Bonchev–Trinajstić information content (AvgIpc) is 2.86. The highest BCUT2D eigenvalue weighted by atomic mass is 32.2. The Morgan fingerprint density at radius 2 is 2.37 bits per heavy atom. The summed E-state index contributed by atoms with van der Waals surface area (Å²) in [5.41, 5.74) is 0.346. The molecule has 0 bridgehead atoms. The molecule has 2 heterocycles. The van der Waals surface area contributed by atoms with Crippen molar-refractivity contribution < 1.29 is 22.8 Å². The van der Waals surface area contributed by atoms with E-state index in [0.29, 0.717) is 30.8 Å². The van der Waals surface area contributed by atoms with Gasteiger partial charge in [-0.3, -0.25) is 4.79 Å². The normalized spacial score (nSPS) is 20.8. The van der Waals surface area contributed by atoms with Crippen LogP contribution in [-0.2, 0) is 20.6 Å². The van der Waals surface area contributed by atoms with Crippen molar-refractivity contribution in [1.82, 2.24) is 9.46 Å². The van der Waals surface area contributed by atoms with Crippen molar-refractivity contribution in [2.24, 2.45) is 0 Å². The molecule has 0 aliphatic carbocycles. The summed E-state index contributed by atoms with van der Waals surface area (Å²) in [5.74, 6) is -0.682. The van der Waals surface area contributed by atoms with Gasteiger partial charge in [0, 0.05) is 18.7 Å². The van der Waals surface area contributed by atoms with Crippen LogP contribution in [0.15, 0.2) is 10.6 Å². The number of carboxylic acid groups (broad SMARTS) is 1. The Bertz CT molecular complexity index is 565. The molecular weight excluding hydrogens is 272 g/mol. The number of carbonyl (C=O) groups is 1. The van der Waals surface area contributed by atoms with Gasteiger partial charge in [0.2, 0.25) is 10.0 Å². The maximum absolute atomic E-state index is 12.3. The molecule has 1 aromatic heterocycles. The second-order valence-electron chi connectivity index (χ2n) is 4.69. The van der Waals surface area contributed by atoms with Gasteiger partial charge in [-0.05, 0) is 19.8 Å². The topological polar surface area (TPSA) is 101 Å². The van der Waals surface area contributed by atoms with Crippen molar-refractivity contribution in [1.29, 1.82) is 0 Å². The van der Waals surface area contributed by atoms with Crippen LogP contribution in [0.1, 0.15) is 30.7 Å². The van der Waals surface area contributed by atoms with Gasteiger partial charge in [-0.15, -0.1) is 0 Å². The molecule has 1 aliphatic rings. The Morgan fingerprint density at radius 3 is 2.95 bits per heavy atom. The fourth-order valence-corrected chi connectivity index (χ4v) is 4.05. The van der Waals surface area contributed by atoms with Crippen molar-refractivity contribution in [2.45, 2.75) is 38.0 Å². The standard InChI is InChI=1S/C11H16N2O5S/c1-8-5-9(12-18-8)7-19(16,17)13-4-2-3-10(13)6-11(14)15/h5,10H,2-4,6-7H2,1H3,(H,14,15). The predicted octanol–water partition coefficient (Wildman–Crippen LogP) is 0.752. The van der Waals surface area contributed by atoms with E-state index >= 15 is 0 Å². The van der Waals surface area contributed by atoms with Crippen LogP contribution in [0, 0.1) is 6.92 Å². The van der Waals surface area contributed by atoms with Gasteiger partial charge in [-0.1, -0.05) is 5.16 Å². The third kappa shape index (κ3) is 3.32.